The third-order valence-corrected chi connectivity index (χ3v) is 11.7. The molecule has 0 aliphatic rings. The summed E-state index contributed by atoms with van der Waals surface area (Å²) in [6.45, 7) is 0. The number of benzene rings is 2. The Morgan fingerprint density at radius 1 is 0.714 bits per heavy atom. The van der Waals surface area contributed by atoms with Crippen molar-refractivity contribution in [2.24, 2.45) is 0 Å². The van der Waals surface area contributed by atoms with Gasteiger partial charge in [0.25, 0.3) is 0 Å². The summed E-state index contributed by atoms with van der Waals surface area (Å²) in [6, 6.07) is 21.3. The van der Waals surface area contributed by atoms with Gasteiger partial charge >= 0.3 is 128 Å². The Morgan fingerprint density at radius 3 is 1.43 bits per heavy atom. The van der Waals surface area contributed by atoms with Crippen LogP contribution in [0.15, 0.2) is 60.7 Å². The summed E-state index contributed by atoms with van der Waals surface area (Å²) in [6.07, 6.45) is 0. The molecule has 0 bridgehead atoms. The van der Waals surface area contributed by atoms with Crippen LogP contribution in [0.5, 0.6) is 0 Å². The molecule has 0 aliphatic carbocycles. The van der Waals surface area contributed by atoms with Crippen molar-refractivity contribution >= 4 is 27.3 Å². The predicted molar refractivity (Wildman–Crippen MR) is 93.5 cm³/mol. The molecule has 0 saturated carbocycles. The first-order valence-electron chi connectivity index (χ1n) is 7.00. The summed E-state index contributed by atoms with van der Waals surface area (Å²) < 4.78 is 16.9. The maximum absolute atomic E-state index is 5.64. The van der Waals surface area contributed by atoms with Gasteiger partial charge in [0, 0.05) is 0 Å². The fourth-order valence-electron chi connectivity index (χ4n) is 2.55. The average molecular weight is 322 g/mol. The second-order valence-electron chi connectivity index (χ2n) is 4.87. The zero-order valence-electron chi connectivity index (χ0n) is 12.8. The van der Waals surface area contributed by atoms with E-state index in [0.717, 1.165) is 5.79 Å². The quantitative estimate of drug-likeness (QED) is 0.576. The van der Waals surface area contributed by atoms with Crippen LogP contribution in [-0.2, 0) is 13.3 Å². The summed E-state index contributed by atoms with van der Waals surface area (Å²) in [7, 11) is 1.02. The van der Waals surface area contributed by atoms with Crippen LogP contribution >= 0.6 is 7.92 Å². The molecule has 3 nitrogen and oxygen atoms in total. The Balaban J connectivity index is 2.38. The van der Waals surface area contributed by atoms with Crippen LogP contribution in [0.4, 0.5) is 0 Å². The Bertz CT molecular complexity index is 484. The van der Waals surface area contributed by atoms with Crippen molar-refractivity contribution < 1.29 is 13.3 Å². The molecule has 5 heteroatoms. The van der Waals surface area contributed by atoms with Crippen LogP contribution < -0.4 is 10.6 Å². The molecular weight excluding hydrogens is 299 g/mol. The van der Waals surface area contributed by atoms with Gasteiger partial charge in [0.2, 0.25) is 0 Å². The second-order valence-corrected chi connectivity index (χ2v) is 11.5. The van der Waals surface area contributed by atoms with Crippen molar-refractivity contribution in [1.82, 2.24) is 0 Å². The molecule has 0 heterocycles. The minimum absolute atomic E-state index is 0.852. The summed E-state index contributed by atoms with van der Waals surface area (Å²) in [5, 5.41) is 2.76. The molecule has 2 rings (SSSR count). The standard InChI is InChI=1S/C16H23O3PSi/c1-17-21(18-2,19-3)14-20(15-10-6-4-7-11-15)16-12-8-5-9-13-16/h4-13H,14,20H2,1-3H3. The summed E-state index contributed by atoms with van der Waals surface area (Å²) in [4.78, 5) is 0. The van der Waals surface area contributed by atoms with E-state index in [1.807, 2.05) is 12.1 Å². The van der Waals surface area contributed by atoms with Crippen molar-refractivity contribution in [2.75, 3.05) is 27.1 Å². The average Bonchev–Trinajstić information content (AvgIpc) is 2.58. The van der Waals surface area contributed by atoms with Crippen molar-refractivity contribution in [3.05, 3.63) is 60.7 Å². The molecular formula is C16H23O3PSi. The van der Waals surface area contributed by atoms with Gasteiger partial charge in [-0.15, -0.1) is 0 Å². The van der Waals surface area contributed by atoms with Gasteiger partial charge in [0.05, 0.1) is 0 Å². The van der Waals surface area contributed by atoms with Gasteiger partial charge in [-0.1, -0.05) is 0 Å². The molecule has 114 valence electrons. The van der Waals surface area contributed by atoms with Crippen LogP contribution in [0.1, 0.15) is 0 Å². The Labute approximate surface area is 129 Å². The van der Waals surface area contributed by atoms with Crippen LogP contribution in [0.3, 0.4) is 0 Å². The number of hydrogen-bond acceptors (Lipinski definition) is 3. The fraction of sp³-hybridized carbons (Fsp3) is 0.250. The third kappa shape index (κ3) is 4.00. The van der Waals surface area contributed by atoms with E-state index in [2.05, 4.69) is 48.5 Å². The van der Waals surface area contributed by atoms with Crippen molar-refractivity contribution in [2.45, 2.75) is 0 Å². The maximum atomic E-state index is 5.64. The van der Waals surface area contributed by atoms with Gasteiger partial charge in [-0.05, 0) is 0 Å². The van der Waals surface area contributed by atoms with Gasteiger partial charge in [-0.2, -0.15) is 0 Å². The first-order chi connectivity index (χ1) is 10.2. The van der Waals surface area contributed by atoms with E-state index in [1.54, 1.807) is 21.3 Å². The van der Waals surface area contributed by atoms with E-state index >= 15 is 0 Å². The monoisotopic (exact) mass is 322 g/mol. The van der Waals surface area contributed by atoms with E-state index in [0.29, 0.717) is 0 Å². The van der Waals surface area contributed by atoms with Gasteiger partial charge in [0.15, 0.2) is 0 Å². The third-order valence-electron chi connectivity index (χ3n) is 3.79. The molecule has 0 radical (unpaired) electrons. The zero-order valence-corrected chi connectivity index (χ0v) is 14.9. The molecule has 0 aliphatic heterocycles. The number of hydrogen-bond donors (Lipinski definition) is 0. The molecule has 0 spiro atoms. The van der Waals surface area contributed by atoms with Crippen LogP contribution in [0.2, 0.25) is 0 Å². The van der Waals surface area contributed by atoms with Crippen molar-refractivity contribution in [1.29, 1.82) is 0 Å². The zero-order chi connectivity index (χ0) is 15.1. The van der Waals surface area contributed by atoms with Crippen molar-refractivity contribution in [3.8, 4) is 0 Å². The Hall–Kier alpha value is -1.03. The summed E-state index contributed by atoms with van der Waals surface area (Å²) in [5.74, 6) is 0.852. The molecule has 0 aromatic heterocycles. The van der Waals surface area contributed by atoms with Crippen molar-refractivity contribution in [3.63, 3.8) is 0 Å². The molecule has 0 fully saturated rings. The van der Waals surface area contributed by atoms with E-state index in [1.165, 1.54) is 10.6 Å². The SMILES string of the molecule is CO[Si](C[PH2](c1ccccc1)c1ccccc1)(OC)OC. The van der Waals surface area contributed by atoms with Gasteiger partial charge in [-0.3, -0.25) is 0 Å². The van der Waals surface area contributed by atoms with Crippen LogP contribution in [0.25, 0.3) is 0 Å². The molecule has 0 amide bonds. The molecule has 2 aromatic carbocycles. The Morgan fingerprint density at radius 2 is 1.10 bits per heavy atom. The minimum atomic E-state index is -2.58. The van der Waals surface area contributed by atoms with Gasteiger partial charge < -0.3 is 0 Å². The molecule has 0 unspecified atom stereocenters. The van der Waals surface area contributed by atoms with E-state index in [4.69, 9.17) is 13.3 Å². The Kier molecular flexibility index (Phi) is 6.09. The van der Waals surface area contributed by atoms with Crippen LogP contribution in [-0.4, -0.2) is 35.9 Å². The van der Waals surface area contributed by atoms with E-state index in [-0.39, 0.29) is 0 Å². The first kappa shape index (κ1) is 16.3. The molecule has 0 N–H and O–H groups in total. The van der Waals surface area contributed by atoms with E-state index in [9.17, 15) is 0 Å². The molecule has 0 saturated heterocycles. The summed E-state index contributed by atoms with van der Waals surface area (Å²) >= 11 is 0. The molecule has 2 aromatic rings. The molecule has 21 heavy (non-hydrogen) atoms. The summed E-state index contributed by atoms with van der Waals surface area (Å²) in [5.41, 5.74) is 0. The van der Waals surface area contributed by atoms with E-state index < -0.39 is 16.7 Å². The normalized spacial score (nSPS) is 12.2. The van der Waals surface area contributed by atoms with Gasteiger partial charge in [-0.25, -0.2) is 0 Å². The number of rotatable bonds is 7. The first-order valence-corrected chi connectivity index (χ1v) is 10.9. The molecule has 0 atom stereocenters. The topological polar surface area (TPSA) is 27.7 Å². The van der Waals surface area contributed by atoms with Gasteiger partial charge in [0.1, 0.15) is 0 Å². The van der Waals surface area contributed by atoms with Crippen LogP contribution in [0, 0.1) is 0 Å². The second kappa shape index (κ2) is 7.83. The fourth-order valence-corrected chi connectivity index (χ4v) is 10.7. The predicted octanol–water partition coefficient (Wildman–Crippen LogP) is 2.00.